The van der Waals surface area contributed by atoms with Crippen LogP contribution in [0.3, 0.4) is 0 Å². The van der Waals surface area contributed by atoms with Gasteiger partial charge in [-0.05, 0) is 18.6 Å². The number of hydrogen-bond donors (Lipinski definition) is 1. The number of aromatic nitrogens is 1. The monoisotopic (exact) mass is 136 g/mol. The summed E-state index contributed by atoms with van der Waals surface area (Å²) in [6.07, 6.45) is 4.85. The second-order valence-electron chi connectivity index (χ2n) is 2.16. The van der Waals surface area contributed by atoms with Crippen molar-refractivity contribution in [3.8, 4) is 0 Å². The predicted molar refractivity (Wildman–Crippen MR) is 43.2 cm³/mol. The zero-order chi connectivity index (χ0) is 7.40. The van der Waals surface area contributed by atoms with Gasteiger partial charge >= 0.3 is 0 Å². The molecule has 0 amide bonds. The van der Waals surface area contributed by atoms with Crippen molar-refractivity contribution in [2.75, 3.05) is 5.43 Å². The molecule has 0 saturated heterocycles. The highest BCUT2D eigenvalue weighted by Crippen LogP contribution is 1.94. The summed E-state index contributed by atoms with van der Waals surface area (Å²) in [5.41, 5.74) is 4.12. The first-order valence-corrected chi connectivity index (χ1v) is 3.40. The lowest BCUT2D eigenvalue weighted by atomic mass is 10.4. The number of allylic oxidation sites excluding steroid dienone is 1. The summed E-state index contributed by atoms with van der Waals surface area (Å²) < 4.78 is 1.88. The third-order valence-electron chi connectivity index (χ3n) is 1.32. The second kappa shape index (κ2) is 3.11. The molecule has 0 atom stereocenters. The number of rotatable bonds is 3. The third-order valence-corrected chi connectivity index (χ3v) is 1.32. The molecule has 1 N–H and O–H groups in total. The van der Waals surface area contributed by atoms with Crippen LogP contribution in [0.5, 0.6) is 0 Å². The molecule has 0 aliphatic rings. The van der Waals surface area contributed by atoms with Gasteiger partial charge in [-0.3, -0.25) is 10.1 Å². The zero-order valence-electron chi connectivity index (χ0n) is 6.17. The van der Waals surface area contributed by atoms with E-state index < -0.39 is 0 Å². The maximum atomic E-state index is 3.82. The molecule has 54 valence electrons. The summed E-state index contributed by atoms with van der Waals surface area (Å²) in [6, 6.07) is 3.94. The number of hydrogen-bond acceptors (Lipinski definition) is 1. The van der Waals surface area contributed by atoms with Crippen LogP contribution in [0, 0.1) is 0 Å². The van der Waals surface area contributed by atoms with Crippen LogP contribution in [-0.4, -0.2) is 4.68 Å². The zero-order valence-corrected chi connectivity index (χ0v) is 6.17. The van der Waals surface area contributed by atoms with Crippen LogP contribution < -0.4 is 5.43 Å². The van der Waals surface area contributed by atoms with E-state index >= 15 is 0 Å². The molecule has 0 unspecified atom stereocenters. The quantitative estimate of drug-likeness (QED) is 0.672. The van der Waals surface area contributed by atoms with Crippen molar-refractivity contribution in [1.29, 1.82) is 0 Å². The first-order valence-electron chi connectivity index (χ1n) is 3.40. The molecule has 10 heavy (non-hydrogen) atoms. The molecular weight excluding hydrogens is 124 g/mol. The first kappa shape index (κ1) is 6.93. The van der Waals surface area contributed by atoms with Gasteiger partial charge in [-0.1, -0.05) is 13.5 Å². The van der Waals surface area contributed by atoms with Gasteiger partial charge in [0.05, 0.1) is 0 Å². The SMILES string of the molecule is C=C(CC)Nn1cccc1. The van der Waals surface area contributed by atoms with E-state index in [4.69, 9.17) is 0 Å². The van der Waals surface area contributed by atoms with Crippen LogP contribution in [0.15, 0.2) is 36.8 Å². The summed E-state index contributed by atoms with van der Waals surface area (Å²) in [5, 5.41) is 0. The van der Waals surface area contributed by atoms with Gasteiger partial charge in [0.15, 0.2) is 0 Å². The minimum Gasteiger partial charge on any atom is -0.300 e. The van der Waals surface area contributed by atoms with Crippen molar-refractivity contribution in [2.24, 2.45) is 0 Å². The fourth-order valence-corrected chi connectivity index (χ4v) is 0.671. The van der Waals surface area contributed by atoms with E-state index in [0.29, 0.717) is 0 Å². The van der Waals surface area contributed by atoms with Gasteiger partial charge in [-0.15, -0.1) is 0 Å². The second-order valence-corrected chi connectivity index (χ2v) is 2.16. The lowest BCUT2D eigenvalue weighted by molar-refractivity contribution is 0.896. The van der Waals surface area contributed by atoms with E-state index in [1.807, 2.05) is 29.2 Å². The maximum absolute atomic E-state index is 3.82. The van der Waals surface area contributed by atoms with Crippen LogP contribution in [0.25, 0.3) is 0 Å². The molecular formula is C8H12N2. The Balaban J connectivity index is 2.48. The molecule has 0 radical (unpaired) electrons. The van der Waals surface area contributed by atoms with Gasteiger partial charge in [0.1, 0.15) is 0 Å². The largest absolute Gasteiger partial charge is 0.300 e. The van der Waals surface area contributed by atoms with Gasteiger partial charge < -0.3 is 0 Å². The predicted octanol–water partition coefficient (Wildman–Crippen LogP) is 1.96. The topological polar surface area (TPSA) is 17.0 Å². The average molecular weight is 136 g/mol. The van der Waals surface area contributed by atoms with E-state index in [9.17, 15) is 0 Å². The molecule has 1 rings (SSSR count). The molecule has 0 aromatic carbocycles. The number of nitrogens with one attached hydrogen (secondary N) is 1. The maximum Gasteiger partial charge on any atom is 0.0262 e. The molecule has 0 aliphatic carbocycles. The highest BCUT2D eigenvalue weighted by molar-refractivity contribution is 5.05. The first-order chi connectivity index (χ1) is 4.83. The minimum absolute atomic E-state index is 0.957. The highest BCUT2D eigenvalue weighted by atomic mass is 15.4. The molecule has 2 nitrogen and oxygen atoms in total. The Bertz CT molecular complexity index is 199. The fourth-order valence-electron chi connectivity index (χ4n) is 0.671. The van der Waals surface area contributed by atoms with Gasteiger partial charge in [0.2, 0.25) is 0 Å². The van der Waals surface area contributed by atoms with Crippen molar-refractivity contribution < 1.29 is 0 Å². The number of nitrogens with zero attached hydrogens (tertiary/aromatic N) is 1. The van der Waals surface area contributed by atoms with Crippen molar-refractivity contribution in [3.63, 3.8) is 0 Å². The Hall–Kier alpha value is -1.18. The molecule has 1 aromatic rings. The molecule has 1 aromatic heterocycles. The van der Waals surface area contributed by atoms with Gasteiger partial charge in [0, 0.05) is 18.1 Å². The van der Waals surface area contributed by atoms with Crippen molar-refractivity contribution >= 4 is 0 Å². The van der Waals surface area contributed by atoms with Gasteiger partial charge in [0.25, 0.3) is 0 Å². The smallest absolute Gasteiger partial charge is 0.0262 e. The third kappa shape index (κ3) is 1.65. The van der Waals surface area contributed by atoms with E-state index in [2.05, 4.69) is 18.9 Å². The van der Waals surface area contributed by atoms with Crippen LogP contribution in [0.2, 0.25) is 0 Å². The Labute approximate surface area is 61.1 Å². The average Bonchev–Trinajstić information content (AvgIpc) is 2.40. The molecule has 0 spiro atoms. The van der Waals surface area contributed by atoms with Crippen molar-refractivity contribution in [3.05, 3.63) is 36.8 Å². The summed E-state index contributed by atoms with van der Waals surface area (Å²) in [7, 11) is 0. The van der Waals surface area contributed by atoms with Crippen LogP contribution in [-0.2, 0) is 0 Å². The van der Waals surface area contributed by atoms with E-state index in [1.54, 1.807) is 0 Å². The van der Waals surface area contributed by atoms with Crippen LogP contribution in [0.1, 0.15) is 13.3 Å². The van der Waals surface area contributed by atoms with Crippen molar-refractivity contribution in [1.82, 2.24) is 4.68 Å². The molecule has 2 heteroatoms. The summed E-state index contributed by atoms with van der Waals surface area (Å²) in [6.45, 7) is 5.88. The highest BCUT2D eigenvalue weighted by Gasteiger charge is 1.87. The lowest BCUT2D eigenvalue weighted by Crippen LogP contribution is -2.09. The molecule has 0 bridgehead atoms. The summed E-state index contributed by atoms with van der Waals surface area (Å²) in [4.78, 5) is 0. The normalized spacial score (nSPS) is 9.30. The fraction of sp³-hybridized carbons (Fsp3) is 0.250. The standard InChI is InChI=1S/C8H12N2/c1-3-8(2)9-10-6-4-5-7-10/h4-7,9H,2-3H2,1H3. The molecule has 0 fully saturated rings. The molecule has 0 saturated carbocycles. The molecule has 0 aliphatic heterocycles. The van der Waals surface area contributed by atoms with E-state index in [-0.39, 0.29) is 0 Å². The van der Waals surface area contributed by atoms with E-state index in [0.717, 1.165) is 12.1 Å². The minimum atomic E-state index is 0.957. The van der Waals surface area contributed by atoms with Crippen LogP contribution >= 0.6 is 0 Å². The van der Waals surface area contributed by atoms with Crippen molar-refractivity contribution in [2.45, 2.75) is 13.3 Å². The van der Waals surface area contributed by atoms with E-state index in [1.165, 1.54) is 0 Å². The Morgan fingerprint density at radius 3 is 2.60 bits per heavy atom. The molecule has 1 heterocycles. The lowest BCUT2D eigenvalue weighted by Gasteiger charge is -2.06. The Morgan fingerprint density at radius 1 is 1.50 bits per heavy atom. The van der Waals surface area contributed by atoms with Gasteiger partial charge in [-0.2, -0.15) is 0 Å². The van der Waals surface area contributed by atoms with Gasteiger partial charge in [-0.25, -0.2) is 0 Å². The summed E-state index contributed by atoms with van der Waals surface area (Å²) >= 11 is 0. The summed E-state index contributed by atoms with van der Waals surface area (Å²) in [5.74, 6) is 0. The Kier molecular flexibility index (Phi) is 2.15. The Morgan fingerprint density at radius 2 is 2.10 bits per heavy atom. The van der Waals surface area contributed by atoms with Crippen LogP contribution in [0.4, 0.5) is 0 Å².